The van der Waals surface area contributed by atoms with Crippen LogP contribution in [0.5, 0.6) is 17.2 Å². The lowest BCUT2D eigenvalue weighted by Crippen LogP contribution is -2.40. The van der Waals surface area contributed by atoms with E-state index in [4.69, 9.17) is 18.9 Å². The zero-order chi connectivity index (χ0) is 14.9. The second kappa shape index (κ2) is 8.21. The third-order valence-electron chi connectivity index (χ3n) is 2.83. The molecule has 0 saturated carbocycles. The Kier molecular flexibility index (Phi) is 5.96. The molecule has 1 aromatic rings. The Morgan fingerprint density at radius 1 is 1.19 bits per heavy atom. The SMILES string of the molecule is CN=C(NCCOC)NCCOc1ccc2c(c1)OCO2. The highest BCUT2D eigenvalue weighted by Crippen LogP contribution is 2.34. The van der Waals surface area contributed by atoms with Crippen LogP contribution in [0.15, 0.2) is 23.2 Å². The monoisotopic (exact) mass is 295 g/mol. The first-order valence-corrected chi connectivity index (χ1v) is 6.79. The van der Waals surface area contributed by atoms with Gasteiger partial charge in [0.15, 0.2) is 17.5 Å². The first-order chi connectivity index (χ1) is 10.3. The van der Waals surface area contributed by atoms with Crippen molar-refractivity contribution >= 4 is 5.96 Å². The third kappa shape index (κ3) is 4.71. The van der Waals surface area contributed by atoms with E-state index in [2.05, 4.69) is 15.6 Å². The van der Waals surface area contributed by atoms with E-state index in [-0.39, 0.29) is 6.79 Å². The van der Waals surface area contributed by atoms with Crippen LogP contribution in [0.4, 0.5) is 0 Å². The first-order valence-electron chi connectivity index (χ1n) is 6.79. The van der Waals surface area contributed by atoms with Crippen LogP contribution in [0.2, 0.25) is 0 Å². The van der Waals surface area contributed by atoms with E-state index in [0.29, 0.717) is 26.3 Å². The smallest absolute Gasteiger partial charge is 0.231 e. The highest BCUT2D eigenvalue weighted by atomic mass is 16.7. The van der Waals surface area contributed by atoms with Crippen molar-refractivity contribution in [3.05, 3.63) is 18.2 Å². The van der Waals surface area contributed by atoms with E-state index in [9.17, 15) is 0 Å². The van der Waals surface area contributed by atoms with Crippen molar-refractivity contribution in [2.24, 2.45) is 4.99 Å². The number of rotatable bonds is 7. The van der Waals surface area contributed by atoms with Crippen molar-refractivity contribution in [3.8, 4) is 17.2 Å². The van der Waals surface area contributed by atoms with Crippen molar-refractivity contribution in [3.63, 3.8) is 0 Å². The topological polar surface area (TPSA) is 73.3 Å². The molecule has 7 heteroatoms. The third-order valence-corrected chi connectivity index (χ3v) is 2.83. The molecule has 1 aliphatic rings. The van der Waals surface area contributed by atoms with Crippen LogP contribution in [0.25, 0.3) is 0 Å². The second-order valence-corrected chi connectivity index (χ2v) is 4.28. The summed E-state index contributed by atoms with van der Waals surface area (Å²) in [6.07, 6.45) is 0. The average Bonchev–Trinajstić information content (AvgIpc) is 2.97. The number of hydrogen-bond donors (Lipinski definition) is 2. The summed E-state index contributed by atoms with van der Waals surface area (Å²) in [6, 6.07) is 5.53. The normalized spacial score (nSPS) is 13.1. The van der Waals surface area contributed by atoms with Crippen LogP contribution in [0.3, 0.4) is 0 Å². The van der Waals surface area contributed by atoms with Gasteiger partial charge < -0.3 is 29.6 Å². The van der Waals surface area contributed by atoms with Crippen LogP contribution >= 0.6 is 0 Å². The molecule has 0 aliphatic carbocycles. The molecule has 1 aromatic carbocycles. The zero-order valence-electron chi connectivity index (χ0n) is 12.3. The fourth-order valence-corrected chi connectivity index (χ4v) is 1.80. The fraction of sp³-hybridized carbons (Fsp3) is 0.500. The Labute approximate surface area is 124 Å². The van der Waals surface area contributed by atoms with Gasteiger partial charge in [-0.05, 0) is 12.1 Å². The summed E-state index contributed by atoms with van der Waals surface area (Å²) in [5.41, 5.74) is 0. The number of benzene rings is 1. The molecule has 0 amide bonds. The van der Waals surface area contributed by atoms with Gasteiger partial charge in [0, 0.05) is 26.8 Å². The minimum absolute atomic E-state index is 0.268. The molecule has 0 bridgehead atoms. The Bertz CT molecular complexity index is 479. The van der Waals surface area contributed by atoms with Crippen molar-refractivity contribution < 1.29 is 18.9 Å². The predicted octanol–water partition coefficient (Wildman–Crippen LogP) is 0.605. The van der Waals surface area contributed by atoms with Gasteiger partial charge in [-0.3, -0.25) is 4.99 Å². The minimum atomic E-state index is 0.268. The molecule has 0 aromatic heterocycles. The number of hydrogen-bond acceptors (Lipinski definition) is 5. The minimum Gasteiger partial charge on any atom is -0.492 e. The van der Waals surface area contributed by atoms with Gasteiger partial charge in [-0.1, -0.05) is 0 Å². The molecule has 0 radical (unpaired) electrons. The summed E-state index contributed by atoms with van der Waals surface area (Å²) in [6.45, 7) is 2.77. The van der Waals surface area contributed by atoms with Crippen LogP contribution < -0.4 is 24.8 Å². The van der Waals surface area contributed by atoms with Crippen molar-refractivity contribution in [2.45, 2.75) is 0 Å². The molecule has 0 saturated heterocycles. The maximum atomic E-state index is 5.65. The first kappa shape index (κ1) is 15.2. The predicted molar refractivity (Wildman–Crippen MR) is 79.3 cm³/mol. The van der Waals surface area contributed by atoms with Crippen molar-refractivity contribution in [1.82, 2.24) is 10.6 Å². The second-order valence-electron chi connectivity index (χ2n) is 4.28. The van der Waals surface area contributed by atoms with Gasteiger partial charge in [0.2, 0.25) is 6.79 Å². The van der Waals surface area contributed by atoms with Gasteiger partial charge in [0.1, 0.15) is 12.4 Å². The number of aliphatic imine (C=N–C) groups is 1. The van der Waals surface area contributed by atoms with Gasteiger partial charge in [0.05, 0.1) is 13.2 Å². The molecule has 2 rings (SSSR count). The summed E-state index contributed by atoms with van der Waals surface area (Å²) in [5, 5.41) is 6.28. The highest BCUT2D eigenvalue weighted by Gasteiger charge is 2.13. The summed E-state index contributed by atoms with van der Waals surface area (Å²) in [5.74, 6) is 2.95. The number of fused-ring (bicyclic) bond motifs is 1. The van der Waals surface area contributed by atoms with E-state index < -0.39 is 0 Å². The van der Waals surface area contributed by atoms with Crippen LogP contribution in [0.1, 0.15) is 0 Å². The van der Waals surface area contributed by atoms with Gasteiger partial charge in [-0.25, -0.2) is 0 Å². The number of nitrogens with zero attached hydrogens (tertiary/aromatic N) is 1. The number of ether oxygens (including phenoxy) is 4. The Hall–Kier alpha value is -2.15. The molecule has 21 heavy (non-hydrogen) atoms. The van der Waals surface area contributed by atoms with Gasteiger partial charge in [-0.15, -0.1) is 0 Å². The lowest BCUT2D eigenvalue weighted by molar-refractivity contribution is 0.173. The van der Waals surface area contributed by atoms with E-state index in [1.165, 1.54) is 0 Å². The Balaban J connectivity index is 1.67. The highest BCUT2D eigenvalue weighted by molar-refractivity contribution is 5.79. The molecule has 0 unspecified atom stereocenters. The van der Waals surface area contributed by atoms with Gasteiger partial charge in [-0.2, -0.15) is 0 Å². The zero-order valence-corrected chi connectivity index (χ0v) is 12.3. The van der Waals surface area contributed by atoms with Crippen LogP contribution in [-0.4, -0.2) is 53.2 Å². The van der Waals surface area contributed by atoms with Crippen LogP contribution in [-0.2, 0) is 4.74 Å². The van der Waals surface area contributed by atoms with Crippen molar-refractivity contribution in [1.29, 1.82) is 0 Å². The van der Waals surface area contributed by atoms with Crippen molar-refractivity contribution in [2.75, 3.05) is 47.3 Å². The summed E-state index contributed by atoms with van der Waals surface area (Å²) >= 11 is 0. The molecular weight excluding hydrogens is 274 g/mol. The summed E-state index contributed by atoms with van der Waals surface area (Å²) in [7, 11) is 3.39. The molecule has 0 spiro atoms. The Morgan fingerprint density at radius 2 is 1.95 bits per heavy atom. The van der Waals surface area contributed by atoms with Gasteiger partial charge >= 0.3 is 0 Å². The lowest BCUT2D eigenvalue weighted by Gasteiger charge is -2.12. The summed E-state index contributed by atoms with van der Waals surface area (Å²) in [4.78, 5) is 4.10. The van der Waals surface area contributed by atoms with E-state index in [1.807, 2.05) is 18.2 Å². The van der Waals surface area contributed by atoms with Gasteiger partial charge in [0.25, 0.3) is 0 Å². The molecule has 1 heterocycles. The number of nitrogens with one attached hydrogen (secondary N) is 2. The van der Waals surface area contributed by atoms with E-state index >= 15 is 0 Å². The Morgan fingerprint density at radius 3 is 2.71 bits per heavy atom. The lowest BCUT2D eigenvalue weighted by atomic mass is 10.3. The van der Waals surface area contributed by atoms with E-state index in [1.54, 1.807) is 14.2 Å². The molecule has 0 fully saturated rings. The maximum Gasteiger partial charge on any atom is 0.231 e. The average molecular weight is 295 g/mol. The molecule has 1 aliphatic heterocycles. The number of methoxy groups -OCH3 is 1. The summed E-state index contributed by atoms with van der Waals surface area (Å²) < 4.78 is 21.2. The fourth-order valence-electron chi connectivity index (χ4n) is 1.80. The largest absolute Gasteiger partial charge is 0.492 e. The maximum absolute atomic E-state index is 5.65. The molecule has 0 atom stereocenters. The standard InChI is InChI=1S/C14H21N3O4/c1-15-14(16-5-7-18-2)17-6-8-19-11-3-4-12-13(9-11)21-10-20-12/h3-4,9H,5-8,10H2,1-2H3,(H2,15,16,17). The van der Waals surface area contributed by atoms with E-state index in [0.717, 1.165) is 23.2 Å². The molecular formula is C14H21N3O4. The molecule has 116 valence electrons. The molecule has 7 nitrogen and oxygen atoms in total. The quantitative estimate of drug-likeness (QED) is 0.436. The van der Waals surface area contributed by atoms with Crippen LogP contribution in [0, 0.1) is 0 Å². The molecule has 2 N–H and O–H groups in total. The number of guanidine groups is 1.